The third kappa shape index (κ3) is 9.03. The lowest BCUT2D eigenvalue weighted by Crippen LogP contribution is -2.47. The Kier molecular flexibility index (Phi) is 13.7. The van der Waals surface area contributed by atoms with Gasteiger partial charge in [-0.3, -0.25) is 9.69 Å². The number of rotatable bonds is 9. The van der Waals surface area contributed by atoms with Crippen molar-refractivity contribution >= 4 is 21.5 Å². The molecule has 0 atom stereocenters. The molecule has 0 aromatic heterocycles. The molecule has 2 aliphatic rings. The number of hydrogen-bond acceptors (Lipinski definition) is 7. The fraction of sp³-hybridized carbons (Fsp3) is 0.483. The van der Waals surface area contributed by atoms with Crippen LogP contribution in [0.4, 0.5) is 5.69 Å². The molecule has 0 unspecified atom stereocenters. The van der Waals surface area contributed by atoms with Gasteiger partial charge >= 0.3 is 0 Å². The highest BCUT2D eigenvalue weighted by molar-refractivity contribution is 7.89. The maximum Gasteiger partial charge on any atom is 0.244 e. The Bertz CT molecular complexity index is 1070. The van der Waals surface area contributed by atoms with Gasteiger partial charge in [-0.2, -0.15) is 4.31 Å². The van der Waals surface area contributed by atoms with E-state index in [9.17, 15) is 13.2 Å². The summed E-state index contributed by atoms with van der Waals surface area (Å²) in [4.78, 5) is 17.2. The Labute approximate surface area is 228 Å². The van der Waals surface area contributed by atoms with Gasteiger partial charge in [0.05, 0.1) is 11.4 Å². The highest BCUT2D eigenvalue weighted by Gasteiger charge is 2.35. The second-order valence-corrected chi connectivity index (χ2v) is 10.7. The van der Waals surface area contributed by atoms with Crippen molar-refractivity contribution in [1.29, 1.82) is 0 Å². The number of fused-ring (bicyclic) bond motifs is 1. The topological polar surface area (TPSA) is 79.4 Å². The fourth-order valence-electron chi connectivity index (χ4n) is 4.45. The van der Waals surface area contributed by atoms with Crippen LogP contribution in [-0.2, 0) is 19.5 Å². The van der Waals surface area contributed by atoms with Crippen LogP contribution in [-0.4, -0.2) is 88.7 Å². The molecule has 210 valence electrons. The number of nitrogens with zero attached hydrogens (tertiary/aromatic N) is 3. The molecule has 0 bridgehead atoms. The van der Waals surface area contributed by atoms with Crippen molar-refractivity contribution in [3.63, 3.8) is 0 Å². The molecule has 0 N–H and O–H groups in total. The average Bonchev–Trinajstić information content (AvgIpc) is 2.94. The molecule has 2 aromatic carbocycles. The van der Waals surface area contributed by atoms with Gasteiger partial charge in [0.2, 0.25) is 10.0 Å². The maximum atomic E-state index is 12.8. The Morgan fingerprint density at radius 1 is 0.868 bits per heavy atom. The van der Waals surface area contributed by atoms with E-state index in [0.29, 0.717) is 12.1 Å². The largest absolute Gasteiger partial charge is 0.369 e. The summed E-state index contributed by atoms with van der Waals surface area (Å²) in [6.07, 6.45) is 0.685. The Morgan fingerprint density at radius 2 is 1.45 bits per heavy atom. The van der Waals surface area contributed by atoms with E-state index >= 15 is 0 Å². The Hall–Kier alpha value is -2.56. The molecule has 0 saturated carbocycles. The molecule has 38 heavy (non-hydrogen) atoms. The summed E-state index contributed by atoms with van der Waals surface area (Å²) in [7, 11) is -3.58. The van der Waals surface area contributed by atoms with Gasteiger partial charge in [0.15, 0.2) is 12.1 Å². The molecule has 0 amide bonds. The standard InChI is InChI=1S/C21H25N3O3S.C6H14O2.C2H4/c25-20-17-24(28(26,27)21-10-5-4-9-19(20)21)12-6-11-22-13-15-23(16-14-22)18-7-2-1-3-8-18;1-4-7-6(3)8-5-2;1-2/h1-5,7-10H,6,11-17H2;6H,4-5H2,1-3H3;1-2H2. The molecule has 1 fully saturated rings. The van der Waals surface area contributed by atoms with Crippen LogP contribution in [0.3, 0.4) is 0 Å². The van der Waals surface area contributed by atoms with E-state index in [1.807, 2.05) is 26.8 Å². The fourth-order valence-corrected chi connectivity index (χ4v) is 6.09. The minimum atomic E-state index is -3.58. The lowest BCUT2D eigenvalue weighted by molar-refractivity contribution is -0.123. The van der Waals surface area contributed by atoms with Crippen molar-refractivity contribution in [2.75, 3.05) is 63.9 Å². The summed E-state index contributed by atoms with van der Waals surface area (Å²) in [5.41, 5.74) is 1.56. The number of anilines is 1. The molecule has 0 spiro atoms. The van der Waals surface area contributed by atoms with E-state index in [1.54, 1.807) is 18.2 Å². The lowest BCUT2D eigenvalue weighted by atomic mass is 10.1. The van der Waals surface area contributed by atoms with Crippen LogP contribution in [0, 0.1) is 0 Å². The minimum Gasteiger partial charge on any atom is -0.369 e. The highest BCUT2D eigenvalue weighted by Crippen LogP contribution is 2.26. The molecule has 9 heteroatoms. The number of Topliss-reactive ketones (excluding diaryl/α,β-unsaturated/α-hetero) is 1. The van der Waals surface area contributed by atoms with Gasteiger partial charge in [0.1, 0.15) is 0 Å². The number of carbonyl (C=O) groups is 1. The van der Waals surface area contributed by atoms with Crippen LogP contribution >= 0.6 is 0 Å². The first-order valence-corrected chi connectivity index (χ1v) is 14.7. The Morgan fingerprint density at radius 3 is 2.05 bits per heavy atom. The number of para-hydroxylation sites is 1. The summed E-state index contributed by atoms with van der Waals surface area (Å²) in [5, 5.41) is 0. The second-order valence-electron chi connectivity index (χ2n) is 8.75. The molecule has 4 rings (SSSR count). The smallest absolute Gasteiger partial charge is 0.244 e. The van der Waals surface area contributed by atoms with E-state index in [-0.39, 0.29) is 23.5 Å². The normalized spacial score (nSPS) is 17.2. The van der Waals surface area contributed by atoms with Gasteiger partial charge in [0.25, 0.3) is 0 Å². The van der Waals surface area contributed by atoms with Crippen molar-refractivity contribution < 1.29 is 22.7 Å². The van der Waals surface area contributed by atoms with Crippen molar-refractivity contribution in [2.24, 2.45) is 0 Å². The van der Waals surface area contributed by atoms with Gasteiger partial charge < -0.3 is 14.4 Å². The van der Waals surface area contributed by atoms with Crippen LogP contribution in [0.15, 0.2) is 72.7 Å². The number of carbonyl (C=O) groups excluding carboxylic acids is 1. The van der Waals surface area contributed by atoms with Gasteiger partial charge in [-0.25, -0.2) is 8.42 Å². The lowest BCUT2D eigenvalue weighted by Gasteiger charge is -2.36. The number of ether oxygens (including phenoxy) is 2. The zero-order chi connectivity index (χ0) is 28.0. The molecule has 2 aromatic rings. The predicted molar refractivity (Wildman–Crippen MR) is 153 cm³/mol. The first kappa shape index (κ1) is 31.7. The molecule has 0 radical (unpaired) electrons. The number of hydrogen-bond donors (Lipinski definition) is 0. The van der Waals surface area contributed by atoms with E-state index in [0.717, 1.165) is 52.4 Å². The van der Waals surface area contributed by atoms with Gasteiger partial charge in [-0.1, -0.05) is 30.3 Å². The van der Waals surface area contributed by atoms with Crippen LogP contribution < -0.4 is 4.90 Å². The maximum absolute atomic E-state index is 12.8. The molecule has 2 aliphatic heterocycles. The van der Waals surface area contributed by atoms with Crippen molar-refractivity contribution in [3.05, 3.63) is 73.3 Å². The summed E-state index contributed by atoms with van der Waals surface area (Å²) < 4.78 is 37.0. The summed E-state index contributed by atoms with van der Waals surface area (Å²) in [5.74, 6) is -0.123. The van der Waals surface area contributed by atoms with Crippen LogP contribution in [0.2, 0.25) is 0 Å². The first-order valence-electron chi connectivity index (χ1n) is 13.2. The van der Waals surface area contributed by atoms with E-state index < -0.39 is 10.0 Å². The minimum absolute atomic E-state index is 0.0370. The zero-order valence-corrected chi connectivity index (χ0v) is 23.9. The quantitative estimate of drug-likeness (QED) is 0.344. The third-order valence-corrected chi connectivity index (χ3v) is 8.21. The monoisotopic (exact) mass is 545 g/mol. The van der Waals surface area contributed by atoms with Crippen LogP contribution in [0.1, 0.15) is 37.6 Å². The number of sulfonamides is 1. The van der Waals surface area contributed by atoms with Crippen LogP contribution in [0.25, 0.3) is 0 Å². The number of ketones is 1. The second kappa shape index (κ2) is 16.4. The molecular weight excluding hydrogens is 502 g/mol. The molecule has 2 heterocycles. The zero-order valence-electron chi connectivity index (χ0n) is 23.0. The first-order chi connectivity index (χ1) is 18.4. The van der Waals surface area contributed by atoms with E-state index in [1.165, 1.54) is 16.1 Å². The van der Waals surface area contributed by atoms with Crippen molar-refractivity contribution in [2.45, 2.75) is 38.4 Å². The SMILES string of the molecule is C=C.CCOC(C)OCC.O=C1CN(CCCN2CCN(c3ccccc3)CC2)S(=O)(=O)c2ccccc21. The molecule has 1 saturated heterocycles. The van der Waals surface area contributed by atoms with Gasteiger partial charge in [-0.15, -0.1) is 13.2 Å². The van der Waals surface area contributed by atoms with E-state index in [2.05, 4.69) is 47.2 Å². The molecule has 0 aliphatic carbocycles. The summed E-state index contributed by atoms with van der Waals surface area (Å²) >= 11 is 0. The Balaban J connectivity index is 0.000000437. The molecular formula is C29H43N3O5S. The van der Waals surface area contributed by atoms with Crippen molar-refractivity contribution in [3.8, 4) is 0 Å². The van der Waals surface area contributed by atoms with E-state index in [4.69, 9.17) is 9.47 Å². The third-order valence-electron chi connectivity index (χ3n) is 6.30. The van der Waals surface area contributed by atoms with Gasteiger partial charge in [0, 0.05) is 57.2 Å². The molecule has 8 nitrogen and oxygen atoms in total. The van der Waals surface area contributed by atoms with Crippen molar-refractivity contribution in [1.82, 2.24) is 9.21 Å². The van der Waals surface area contributed by atoms with Gasteiger partial charge in [-0.05, 0) is 58.0 Å². The number of piperazine rings is 1. The number of benzene rings is 2. The highest BCUT2D eigenvalue weighted by atomic mass is 32.2. The summed E-state index contributed by atoms with van der Waals surface area (Å²) in [6.45, 7) is 18.3. The van der Waals surface area contributed by atoms with Crippen LogP contribution in [0.5, 0.6) is 0 Å². The predicted octanol–water partition coefficient (Wildman–Crippen LogP) is 4.29. The summed E-state index contributed by atoms with van der Waals surface area (Å²) in [6, 6.07) is 16.9. The average molecular weight is 546 g/mol.